The monoisotopic (exact) mass is 292 g/mol. The zero-order chi connectivity index (χ0) is 13.6. The van der Waals surface area contributed by atoms with E-state index < -0.39 is 16.3 Å². The fourth-order valence-corrected chi connectivity index (χ4v) is 2.02. The number of methoxy groups -OCH3 is 1. The largest absolute Gasteiger partial charge is 0.452 e. The third-order valence-corrected chi connectivity index (χ3v) is 3.32. The van der Waals surface area contributed by atoms with E-state index in [1.807, 2.05) is 0 Å². The molecular weight excluding hydrogens is 280 g/mol. The lowest BCUT2D eigenvalue weighted by Crippen LogP contribution is -2.39. The van der Waals surface area contributed by atoms with Gasteiger partial charge in [0.25, 0.3) is 0 Å². The molecule has 2 N–H and O–H groups in total. The molecule has 1 aromatic rings. The van der Waals surface area contributed by atoms with Crippen molar-refractivity contribution in [2.45, 2.75) is 12.4 Å². The molecule has 0 saturated heterocycles. The van der Waals surface area contributed by atoms with Crippen molar-refractivity contribution in [1.29, 1.82) is 0 Å². The Bertz CT molecular complexity index is 501. The second-order valence-corrected chi connectivity index (χ2v) is 5.14. The first-order chi connectivity index (χ1) is 8.46. The van der Waals surface area contributed by atoms with Crippen LogP contribution in [0.2, 0.25) is 0 Å². The molecular formula is C10H13ClN2O4S. The lowest BCUT2D eigenvalue weighted by Gasteiger charge is -2.07. The molecule has 100 valence electrons. The SMILES string of the molecule is COC(=O)NS(=O)(=O)NCc1ccc(CCl)cc1. The molecule has 18 heavy (non-hydrogen) atoms. The van der Waals surface area contributed by atoms with Crippen LogP contribution in [0.15, 0.2) is 24.3 Å². The second-order valence-electron chi connectivity index (χ2n) is 3.37. The molecule has 0 aliphatic rings. The number of hydrogen-bond donors (Lipinski definition) is 2. The summed E-state index contributed by atoms with van der Waals surface area (Å²) in [7, 11) is -2.83. The number of halogens is 1. The molecule has 0 fully saturated rings. The lowest BCUT2D eigenvalue weighted by atomic mass is 10.1. The maximum Gasteiger partial charge on any atom is 0.421 e. The van der Waals surface area contributed by atoms with Crippen LogP contribution in [0.1, 0.15) is 11.1 Å². The minimum Gasteiger partial charge on any atom is -0.452 e. The van der Waals surface area contributed by atoms with Gasteiger partial charge in [-0.25, -0.2) is 9.52 Å². The van der Waals surface area contributed by atoms with Crippen LogP contribution in [0.25, 0.3) is 0 Å². The molecule has 1 aromatic carbocycles. The highest BCUT2D eigenvalue weighted by Crippen LogP contribution is 2.06. The average Bonchev–Trinajstić information content (AvgIpc) is 2.36. The van der Waals surface area contributed by atoms with Gasteiger partial charge in [0, 0.05) is 12.4 Å². The number of hydrogen-bond acceptors (Lipinski definition) is 4. The zero-order valence-electron chi connectivity index (χ0n) is 9.64. The van der Waals surface area contributed by atoms with Gasteiger partial charge in [-0.2, -0.15) is 13.1 Å². The molecule has 0 heterocycles. The summed E-state index contributed by atoms with van der Waals surface area (Å²) in [6.45, 7) is 0.0644. The van der Waals surface area contributed by atoms with Crippen molar-refractivity contribution in [2.75, 3.05) is 7.11 Å². The third kappa shape index (κ3) is 4.91. The van der Waals surface area contributed by atoms with Gasteiger partial charge in [-0.3, -0.25) is 0 Å². The molecule has 0 radical (unpaired) electrons. The zero-order valence-corrected chi connectivity index (χ0v) is 11.2. The van der Waals surface area contributed by atoms with Crippen molar-refractivity contribution in [3.63, 3.8) is 0 Å². The van der Waals surface area contributed by atoms with E-state index in [0.29, 0.717) is 5.88 Å². The van der Waals surface area contributed by atoms with Gasteiger partial charge in [0.05, 0.1) is 7.11 Å². The van der Waals surface area contributed by atoms with Crippen LogP contribution in [-0.2, 0) is 27.4 Å². The second kappa shape index (κ2) is 6.58. The first-order valence-corrected chi connectivity index (χ1v) is 6.98. The van der Waals surface area contributed by atoms with Crippen molar-refractivity contribution in [1.82, 2.24) is 9.44 Å². The van der Waals surface area contributed by atoms with E-state index in [0.717, 1.165) is 18.2 Å². The van der Waals surface area contributed by atoms with E-state index in [-0.39, 0.29) is 6.54 Å². The Labute approximate surface area is 110 Å². The summed E-state index contributed by atoms with van der Waals surface area (Å²) in [5.41, 5.74) is 1.69. The minimum atomic E-state index is -3.91. The van der Waals surface area contributed by atoms with E-state index in [9.17, 15) is 13.2 Å². The molecule has 0 spiro atoms. The molecule has 0 aliphatic carbocycles. The van der Waals surface area contributed by atoms with Crippen molar-refractivity contribution in [3.05, 3.63) is 35.4 Å². The molecule has 0 unspecified atom stereocenters. The highest BCUT2D eigenvalue weighted by molar-refractivity contribution is 7.88. The van der Waals surface area contributed by atoms with Crippen LogP contribution >= 0.6 is 11.6 Å². The van der Waals surface area contributed by atoms with Gasteiger partial charge in [-0.05, 0) is 11.1 Å². The van der Waals surface area contributed by atoms with Crippen LogP contribution in [0.5, 0.6) is 0 Å². The molecule has 1 amide bonds. The van der Waals surface area contributed by atoms with Gasteiger partial charge in [0.1, 0.15) is 0 Å². The fourth-order valence-electron chi connectivity index (χ4n) is 1.11. The summed E-state index contributed by atoms with van der Waals surface area (Å²) in [4.78, 5) is 10.8. The number of amides is 1. The molecule has 1 rings (SSSR count). The number of alkyl halides is 1. The summed E-state index contributed by atoms with van der Waals surface area (Å²) in [6.07, 6.45) is -1.04. The van der Waals surface area contributed by atoms with Crippen LogP contribution < -0.4 is 9.44 Å². The summed E-state index contributed by atoms with van der Waals surface area (Å²) in [6, 6.07) is 7.09. The van der Waals surface area contributed by atoms with Crippen molar-refractivity contribution in [3.8, 4) is 0 Å². The Balaban J connectivity index is 2.56. The smallest absolute Gasteiger partial charge is 0.421 e. The molecule has 0 bridgehead atoms. The van der Waals surface area contributed by atoms with Gasteiger partial charge in [-0.1, -0.05) is 24.3 Å². The van der Waals surface area contributed by atoms with Gasteiger partial charge in [0.15, 0.2) is 0 Å². The lowest BCUT2D eigenvalue weighted by molar-refractivity contribution is 0.177. The standard InChI is InChI=1S/C10H13ClN2O4S/c1-17-10(14)13-18(15,16)12-7-9-4-2-8(6-11)3-5-9/h2-5,12H,6-7H2,1H3,(H,13,14). The molecule has 0 atom stereocenters. The summed E-state index contributed by atoms with van der Waals surface area (Å²) in [5, 5.41) is 0. The predicted molar refractivity (Wildman–Crippen MR) is 67.3 cm³/mol. The van der Waals surface area contributed by atoms with Crippen LogP contribution in [-0.4, -0.2) is 21.6 Å². The van der Waals surface area contributed by atoms with Crippen LogP contribution in [0, 0.1) is 0 Å². The van der Waals surface area contributed by atoms with E-state index in [1.54, 1.807) is 29.0 Å². The van der Waals surface area contributed by atoms with Crippen LogP contribution in [0.3, 0.4) is 0 Å². The van der Waals surface area contributed by atoms with Crippen molar-refractivity contribution < 1.29 is 17.9 Å². The summed E-state index contributed by atoms with van der Waals surface area (Å²) in [5.74, 6) is 0.399. The van der Waals surface area contributed by atoms with Gasteiger partial charge < -0.3 is 4.74 Å². The first kappa shape index (κ1) is 14.7. The van der Waals surface area contributed by atoms with Crippen molar-refractivity contribution >= 4 is 27.9 Å². The normalized spacial score (nSPS) is 11.0. The maximum atomic E-state index is 11.4. The quantitative estimate of drug-likeness (QED) is 0.796. The van der Waals surface area contributed by atoms with Gasteiger partial charge in [-0.15, -0.1) is 11.6 Å². The van der Waals surface area contributed by atoms with E-state index in [2.05, 4.69) is 9.46 Å². The number of ether oxygens (including phenoxy) is 1. The Morgan fingerprint density at radius 2 is 1.83 bits per heavy atom. The number of rotatable bonds is 5. The molecule has 0 aromatic heterocycles. The Hall–Kier alpha value is -1.31. The predicted octanol–water partition coefficient (Wildman–Crippen LogP) is 1.12. The molecule has 0 aliphatic heterocycles. The molecule has 0 saturated carbocycles. The fraction of sp³-hybridized carbons (Fsp3) is 0.300. The van der Waals surface area contributed by atoms with E-state index in [4.69, 9.17) is 11.6 Å². The Morgan fingerprint density at radius 3 is 2.33 bits per heavy atom. The number of carbonyl (C=O) groups is 1. The minimum absolute atomic E-state index is 0.0644. The first-order valence-electron chi connectivity index (χ1n) is 4.96. The topological polar surface area (TPSA) is 84.5 Å². The highest BCUT2D eigenvalue weighted by atomic mass is 35.5. The number of nitrogens with one attached hydrogen (secondary N) is 2. The number of carbonyl (C=O) groups excluding carboxylic acids is 1. The van der Waals surface area contributed by atoms with E-state index >= 15 is 0 Å². The summed E-state index contributed by atoms with van der Waals surface area (Å²) >= 11 is 5.63. The van der Waals surface area contributed by atoms with Crippen LogP contribution in [0.4, 0.5) is 4.79 Å². The Morgan fingerprint density at radius 1 is 1.28 bits per heavy atom. The molecule has 8 heteroatoms. The maximum absolute atomic E-state index is 11.4. The third-order valence-electron chi connectivity index (χ3n) is 2.05. The van der Waals surface area contributed by atoms with E-state index in [1.165, 1.54) is 0 Å². The van der Waals surface area contributed by atoms with Crippen molar-refractivity contribution in [2.24, 2.45) is 0 Å². The number of benzene rings is 1. The van der Waals surface area contributed by atoms with Gasteiger partial charge >= 0.3 is 16.3 Å². The highest BCUT2D eigenvalue weighted by Gasteiger charge is 2.13. The summed E-state index contributed by atoms with van der Waals surface area (Å²) < 4.78 is 30.8. The van der Waals surface area contributed by atoms with Gasteiger partial charge in [0.2, 0.25) is 0 Å². The average molecular weight is 293 g/mol. The Kier molecular flexibility index (Phi) is 5.39. The molecule has 6 nitrogen and oxygen atoms in total.